The third kappa shape index (κ3) is 4.74. The van der Waals surface area contributed by atoms with Crippen molar-refractivity contribution in [2.45, 2.75) is 11.3 Å². The molecule has 0 unspecified atom stereocenters. The number of carbonyl (C=O) groups excluding carboxylic acids is 2. The average molecular weight is 465 g/mol. The second-order valence-corrected chi connectivity index (χ2v) is 9.97. The molecular formula is C24H24N4O4S. The predicted octanol–water partition coefficient (Wildman–Crippen LogP) is 3.22. The van der Waals surface area contributed by atoms with E-state index < -0.39 is 10.0 Å². The number of hydrogen-bond acceptors (Lipinski definition) is 5. The highest BCUT2D eigenvalue weighted by Crippen LogP contribution is 2.32. The number of amides is 2. The number of benzene rings is 3. The summed E-state index contributed by atoms with van der Waals surface area (Å²) in [5, 5.41) is 8.94. The van der Waals surface area contributed by atoms with Crippen LogP contribution >= 0.6 is 0 Å². The van der Waals surface area contributed by atoms with Crippen molar-refractivity contribution in [3.63, 3.8) is 0 Å². The highest BCUT2D eigenvalue weighted by molar-refractivity contribution is 7.89. The fraction of sp³-hybridized carbons (Fsp3) is 0.167. The molecule has 0 radical (unpaired) electrons. The van der Waals surface area contributed by atoms with Crippen LogP contribution in [0.25, 0.3) is 0 Å². The highest BCUT2D eigenvalue weighted by Gasteiger charge is 2.20. The molecule has 0 saturated carbocycles. The maximum Gasteiger partial charge on any atom is 0.257 e. The molecule has 0 saturated heterocycles. The second kappa shape index (κ2) is 9.05. The summed E-state index contributed by atoms with van der Waals surface area (Å²) in [6.45, 7) is 0.381. The first-order valence-electron chi connectivity index (χ1n) is 10.4. The molecule has 0 atom stereocenters. The van der Waals surface area contributed by atoms with Crippen molar-refractivity contribution >= 4 is 38.9 Å². The highest BCUT2D eigenvalue weighted by atomic mass is 32.2. The SMILES string of the molecule is CN(C)S(=O)(=O)c1ccc(CCNC(=O)c2ccc3c(c2)NC(=O)c2ccccc2N3)cc1. The number of nitrogens with zero attached hydrogens (tertiary/aromatic N) is 1. The monoisotopic (exact) mass is 464 g/mol. The minimum absolute atomic E-state index is 0.225. The molecule has 4 rings (SSSR count). The molecule has 3 N–H and O–H groups in total. The molecule has 1 aliphatic heterocycles. The Kier molecular flexibility index (Phi) is 6.17. The van der Waals surface area contributed by atoms with Gasteiger partial charge in [0.15, 0.2) is 0 Å². The van der Waals surface area contributed by atoms with Gasteiger partial charge in [0, 0.05) is 26.2 Å². The van der Waals surface area contributed by atoms with E-state index in [-0.39, 0.29) is 16.7 Å². The summed E-state index contributed by atoms with van der Waals surface area (Å²) in [5.41, 5.74) is 3.80. The van der Waals surface area contributed by atoms with Crippen LogP contribution in [0.15, 0.2) is 71.6 Å². The van der Waals surface area contributed by atoms with Gasteiger partial charge < -0.3 is 16.0 Å². The number of hydrogen-bond donors (Lipinski definition) is 3. The van der Waals surface area contributed by atoms with Gasteiger partial charge in [-0.2, -0.15) is 0 Å². The number of fused-ring (bicyclic) bond motifs is 2. The minimum atomic E-state index is -3.47. The van der Waals surface area contributed by atoms with E-state index in [9.17, 15) is 18.0 Å². The molecule has 3 aromatic rings. The number of para-hydroxylation sites is 1. The summed E-state index contributed by atoms with van der Waals surface area (Å²) in [6.07, 6.45) is 0.548. The van der Waals surface area contributed by atoms with Crippen LogP contribution in [0.3, 0.4) is 0 Å². The molecule has 0 aromatic heterocycles. The van der Waals surface area contributed by atoms with Crippen LogP contribution in [-0.4, -0.2) is 45.2 Å². The number of carbonyl (C=O) groups is 2. The maximum absolute atomic E-state index is 12.6. The Morgan fingerprint density at radius 2 is 1.64 bits per heavy atom. The predicted molar refractivity (Wildman–Crippen MR) is 127 cm³/mol. The Morgan fingerprint density at radius 3 is 2.36 bits per heavy atom. The molecule has 0 spiro atoms. The van der Waals surface area contributed by atoms with E-state index in [1.54, 1.807) is 54.6 Å². The summed E-state index contributed by atoms with van der Waals surface area (Å²) < 4.78 is 25.5. The molecule has 0 aliphatic carbocycles. The lowest BCUT2D eigenvalue weighted by atomic mass is 10.1. The number of rotatable bonds is 6. The quantitative estimate of drug-likeness (QED) is 0.519. The Bertz CT molecular complexity index is 1320. The lowest BCUT2D eigenvalue weighted by Crippen LogP contribution is -2.26. The van der Waals surface area contributed by atoms with E-state index in [0.717, 1.165) is 5.56 Å². The Morgan fingerprint density at radius 1 is 0.909 bits per heavy atom. The molecule has 1 aliphatic rings. The zero-order chi connectivity index (χ0) is 23.6. The third-order valence-electron chi connectivity index (χ3n) is 5.37. The third-order valence-corrected chi connectivity index (χ3v) is 7.20. The van der Waals surface area contributed by atoms with Crippen LogP contribution < -0.4 is 16.0 Å². The molecule has 3 aromatic carbocycles. The van der Waals surface area contributed by atoms with Gasteiger partial charge in [0.25, 0.3) is 11.8 Å². The maximum atomic E-state index is 12.6. The summed E-state index contributed by atoms with van der Waals surface area (Å²) in [5.74, 6) is -0.505. The molecule has 2 amide bonds. The van der Waals surface area contributed by atoms with Gasteiger partial charge in [-0.1, -0.05) is 24.3 Å². The van der Waals surface area contributed by atoms with Gasteiger partial charge in [-0.3, -0.25) is 9.59 Å². The topological polar surface area (TPSA) is 108 Å². The van der Waals surface area contributed by atoms with E-state index in [0.29, 0.717) is 41.2 Å². The lowest BCUT2D eigenvalue weighted by Gasteiger charge is -2.12. The van der Waals surface area contributed by atoms with Crippen molar-refractivity contribution < 1.29 is 18.0 Å². The lowest BCUT2D eigenvalue weighted by molar-refractivity contribution is 0.0952. The van der Waals surface area contributed by atoms with Crippen LogP contribution in [0.5, 0.6) is 0 Å². The smallest absolute Gasteiger partial charge is 0.257 e. The molecule has 1 heterocycles. The van der Waals surface area contributed by atoms with Gasteiger partial charge in [0.2, 0.25) is 10.0 Å². The van der Waals surface area contributed by atoms with Crippen molar-refractivity contribution in [3.05, 3.63) is 83.4 Å². The fourth-order valence-electron chi connectivity index (χ4n) is 3.48. The van der Waals surface area contributed by atoms with Gasteiger partial charge in [-0.25, -0.2) is 12.7 Å². The molecular weight excluding hydrogens is 440 g/mol. The van der Waals surface area contributed by atoms with Crippen LogP contribution in [0.2, 0.25) is 0 Å². The molecule has 33 heavy (non-hydrogen) atoms. The largest absolute Gasteiger partial charge is 0.353 e. The number of anilines is 3. The summed E-state index contributed by atoms with van der Waals surface area (Å²) in [6, 6.07) is 18.9. The van der Waals surface area contributed by atoms with Gasteiger partial charge in [0.05, 0.1) is 27.5 Å². The van der Waals surface area contributed by atoms with Crippen molar-refractivity contribution in [2.75, 3.05) is 31.3 Å². The van der Waals surface area contributed by atoms with Gasteiger partial charge in [-0.05, 0) is 54.4 Å². The standard InChI is InChI=1S/C24H24N4O4S/c1-28(2)33(31,32)18-10-7-16(8-11-18)13-14-25-23(29)17-9-12-21-22(15-17)27-24(30)19-5-3-4-6-20(19)26-21/h3-12,15,26H,13-14H2,1-2H3,(H,25,29)(H,27,30). The van der Waals surface area contributed by atoms with Crippen LogP contribution in [0, 0.1) is 0 Å². The van der Waals surface area contributed by atoms with E-state index in [1.165, 1.54) is 18.4 Å². The van der Waals surface area contributed by atoms with Crippen molar-refractivity contribution in [1.82, 2.24) is 9.62 Å². The average Bonchev–Trinajstić information content (AvgIpc) is 2.94. The number of sulfonamides is 1. The fourth-order valence-corrected chi connectivity index (χ4v) is 4.39. The zero-order valence-corrected chi connectivity index (χ0v) is 19.1. The van der Waals surface area contributed by atoms with E-state index >= 15 is 0 Å². The first-order chi connectivity index (χ1) is 15.8. The first-order valence-corrected chi connectivity index (χ1v) is 11.8. The molecule has 0 fully saturated rings. The van der Waals surface area contributed by atoms with Gasteiger partial charge >= 0.3 is 0 Å². The second-order valence-electron chi connectivity index (χ2n) is 7.82. The molecule has 170 valence electrons. The number of nitrogens with one attached hydrogen (secondary N) is 3. The van der Waals surface area contributed by atoms with E-state index in [4.69, 9.17) is 0 Å². The van der Waals surface area contributed by atoms with Crippen molar-refractivity contribution in [2.24, 2.45) is 0 Å². The molecule has 9 heteroatoms. The summed E-state index contributed by atoms with van der Waals surface area (Å²) in [4.78, 5) is 25.4. The summed E-state index contributed by atoms with van der Waals surface area (Å²) in [7, 11) is -0.491. The van der Waals surface area contributed by atoms with E-state index in [1.807, 2.05) is 12.1 Å². The van der Waals surface area contributed by atoms with Crippen LogP contribution in [0.4, 0.5) is 17.1 Å². The van der Waals surface area contributed by atoms with Crippen LogP contribution in [0.1, 0.15) is 26.3 Å². The normalized spacial score (nSPS) is 12.8. The zero-order valence-electron chi connectivity index (χ0n) is 18.3. The Labute approximate surface area is 192 Å². The van der Waals surface area contributed by atoms with Crippen molar-refractivity contribution in [1.29, 1.82) is 0 Å². The molecule has 8 nitrogen and oxygen atoms in total. The van der Waals surface area contributed by atoms with Crippen LogP contribution in [-0.2, 0) is 16.4 Å². The van der Waals surface area contributed by atoms with Crippen molar-refractivity contribution in [3.8, 4) is 0 Å². The van der Waals surface area contributed by atoms with Gasteiger partial charge in [0.1, 0.15) is 0 Å². The Hall–Kier alpha value is -3.69. The van der Waals surface area contributed by atoms with Gasteiger partial charge in [-0.15, -0.1) is 0 Å². The minimum Gasteiger partial charge on any atom is -0.353 e. The Balaban J connectivity index is 1.39. The molecule has 0 bridgehead atoms. The first kappa shape index (κ1) is 22.5. The summed E-state index contributed by atoms with van der Waals surface area (Å²) >= 11 is 0. The van der Waals surface area contributed by atoms with E-state index in [2.05, 4.69) is 16.0 Å².